The van der Waals surface area contributed by atoms with Gasteiger partial charge in [0.1, 0.15) is 11.5 Å². The van der Waals surface area contributed by atoms with Gasteiger partial charge < -0.3 is 14.5 Å². The zero-order valence-corrected chi connectivity index (χ0v) is 12.8. The average Bonchev–Trinajstić information content (AvgIpc) is 3.01. The summed E-state index contributed by atoms with van der Waals surface area (Å²) in [7, 11) is 1.96. The van der Waals surface area contributed by atoms with Crippen LogP contribution in [0, 0.1) is 5.92 Å². The van der Waals surface area contributed by atoms with Gasteiger partial charge in [0.15, 0.2) is 0 Å². The first-order valence-electron chi connectivity index (χ1n) is 7.53. The lowest BCUT2D eigenvalue weighted by atomic mass is 10.0. The molecule has 2 aromatic heterocycles. The molecule has 21 heavy (non-hydrogen) atoms. The summed E-state index contributed by atoms with van der Waals surface area (Å²) in [4.78, 5) is 17.0. The Kier molecular flexibility index (Phi) is 3.57. The second-order valence-corrected chi connectivity index (χ2v) is 6.12. The third-order valence-electron chi connectivity index (χ3n) is 4.04. The Morgan fingerprint density at radius 2 is 2.14 bits per heavy atom. The molecule has 0 spiro atoms. The fourth-order valence-corrected chi connectivity index (χ4v) is 2.68. The molecule has 1 aliphatic carbocycles. The van der Waals surface area contributed by atoms with Crippen LogP contribution in [0.4, 0.5) is 0 Å². The molecule has 0 aromatic carbocycles. The molecule has 5 heteroatoms. The summed E-state index contributed by atoms with van der Waals surface area (Å²) >= 11 is 0. The Balaban J connectivity index is 1.81. The van der Waals surface area contributed by atoms with E-state index < -0.39 is 0 Å². The summed E-state index contributed by atoms with van der Waals surface area (Å²) in [5, 5.41) is 3.14. The molecule has 0 saturated heterocycles. The highest BCUT2D eigenvalue weighted by Gasteiger charge is 2.28. The number of carbonyl (C=O) groups is 1. The van der Waals surface area contributed by atoms with E-state index in [9.17, 15) is 4.79 Å². The van der Waals surface area contributed by atoms with Crippen molar-refractivity contribution < 1.29 is 4.79 Å². The Labute approximate surface area is 125 Å². The summed E-state index contributed by atoms with van der Waals surface area (Å²) in [5.41, 5.74) is 0.748. The van der Waals surface area contributed by atoms with Crippen LogP contribution in [0.1, 0.15) is 55.1 Å². The third-order valence-corrected chi connectivity index (χ3v) is 4.04. The Morgan fingerprint density at radius 3 is 2.71 bits per heavy atom. The Bertz CT molecular complexity index is 636. The van der Waals surface area contributed by atoms with E-state index in [2.05, 4.69) is 28.7 Å². The molecule has 0 bridgehead atoms. The minimum Gasteiger partial charge on any atom is -0.341 e. The summed E-state index contributed by atoms with van der Waals surface area (Å²) in [5.74, 6) is 1.15. The first-order valence-corrected chi connectivity index (χ1v) is 7.53. The van der Waals surface area contributed by atoms with Gasteiger partial charge in [0, 0.05) is 31.7 Å². The van der Waals surface area contributed by atoms with E-state index in [1.165, 1.54) is 12.8 Å². The number of rotatable bonds is 5. The number of nitrogens with zero attached hydrogens (tertiary/aromatic N) is 3. The van der Waals surface area contributed by atoms with Gasteiger partial charge in [-0.05, 0) is 30.9 Å². The highest BCUT2D eigenvalue weighted by Crippen LogP contribution is 2.36. The van der Waals surface area contributed by atoms with Crippen molar-refractivity contribution in [3.05, 3.63) is 42.2 Å². The zero-order chi connectivity index (χ0) is 15.0. The summed E-state index contributed by atoms with van der Waals surface area (Å²) in [6.45, 7) is 4.19. The number of amides is 1. The van der Waals surface area contributed by atoms with Crippen molar-refractivity contribution >= 4 is 5.91 Å². The van der Waals surface area contributed by atoms with E-state index in [1.54, 1.807) is 6.20 Å². The maximum Gasteiger partial charge on any atom is 0.268 e. The fraction of sp³-hybridized carbons (Fsp3) is 0.500. The van der Waals surface area contributed by atoms with Gasteiger partial charge in [-0.3, -0.25) is 4.79 Å². The van der Waals surface area contributed by atoms with Crippen LogP contribution >= 0.6 is 0 Å². The molecular weight excluding hydrogens is 264 g/mol. The van der Waals surface area contributed by atoms with Crippen molar-refractivity contribution in [1.82, 2.24) is 19.4 Å². The smallest absolute Gasteiger partial charge is 0.268 e. The van der Waals surface area contributed by atoms with Crippen molar-refractivity contribution in [2.75, 3.05) is 0 Å². The molecule has 1 unspecified atom stereocenters. The highest BCUT2D eigenvalue weighted by molar-refractivity contribution is 5.93. The van der Waals surface area contributed by atoms with Gasteiger partial charge in [-0.1, -0.05) is 13.8 Å². The number of aromatic nitrogens is 3. The van der Waals surface area contributed by atoms with E-state index in [0.717, 1.165) is 11.5 Å². The molecule has 1 N–H and O–H groups in total. The number of carbonyl (C=O) groups excluding carboxylic acids is 1. The van der Waals surface area contributed by atoms with Crippen LogP contribution in [-0.4, -0.2) is 20.0 Å². The molecular formula is C16H22N4O. The van der Waals surface area contributed by atoms with Gasteiger partial charge in [0.2, 0.25) is 0 Å². The minimum absolute atomic E-state index is 0.0198. The molecule has 5 nitrogen and oxygen atoms in total. The van der Waals surface area contributed by atoms with Crippen molar-refractivity contribution in [3.8, 4) is 0 Å². The zero-order valence-electron chi connectivity index (χ0n) is 12.8. The average molecular weight is 286 g/mol. The highest BCUT2D eigenvalue weighted by atomic mass is 16.2. The molecule has 3 rings (SSSR count). The van der Waals surface area contributed by atoms with Gasteiger partial charge in [0.05, 0.1) is 6.04 Å². The lowest BCUT2D eigenvalue weighted by Crippen LogP contribution is -2.34. The van der Waals surface area contributed by atoms with Crippen LogP contribution in [0.15, 0.2) is 30.7 Å². The first-order chi connectivity index (χ1) is 10.1. The second kappa shape index (κ2) is 5.39. The van der Waals surface area contributed by atoms with Gasteiger partial charge in [-0.2, -0.15) is 0 Å². The number of hydrogen-bond donors (Lipinski definition) is 1. The van der Waals surface area contributed by atoms with Crippen LogP contribution < -0.4 is 5.32 Å². The van der Waals surface area contributed by atoms with Crippen molar-refractivity contribution in [2.45, 2.75) is 38.8 Å². The summed E-state index contributed by atoms with van der Waals surface area (Å²) < 4.78 is 4.05. The number of hydrogen-bond acceptors (Lipinski definition) is 2. The minimum atomic E-state index is -0.0833. The molecule has 1 fully saturated rings. The number of nitrogens with one attached hydrogen (secondary N) is 1. The Hall–Kier alpha value is -2.04. The van der Waals surface area contributed by atoms with Crippen LogP contribution in [-0.2, 0) is 7.05 Å². The predicted octanol–water partition coefficient (Wildman–Crippen LogP) is 2.68. The first kappa shape index (κ1) is 13.9. The lowest BCUT2D eigenvalue weighted by Gasteiger charge is -2.22. The monoisotopic (exact) mass is 286 g/mol. The van der Waals surface area contributed by atoms with E-state index in [0.29, 0.717) is 6.04 Å². The Morgan fingerprint density at radius 1 is 1.38 bits per heavy atom. The molecule has 1 aliphatic rings. The maximum atomic E-state index is 12.6. The van der Waals surface area contributed by atoms with Crippen molar-refractivity contribution in [3.63, 3.8) is 0 Å². The van der Waals surface area contributed by atoms with E-state index in [4.69, 9.17) is 0 Å². The maximum absolute atomic E-state index is 12.6. The van der Waals surface area contributed by atoms with E-state index in [-0.39, 0.29) is 17.9 Å². The summed E-state index contributed by atoms with van der Waals surface area (Å²) in [6, 6.07) is 4.26. The SMILES string of the molecule is CC(C)C(NC(=O)c1cccn1C1CC1)c1nccn1C. The predicted molar refractivity (Wildman–Crippen MR) is 81.0 cm³/mol. The third kappa shape index (κ3) is 2.73. The van der Waals surface area contributed by atoms with Gasteiger partial charge >= 0.3 is 0 Å². The molecule has 112 valence electrons. The normalized spacial score (nSPS) is 16.2. The van der Waals surface area contributed by atoms with Gasteiger partial charge in [0.25, 0.3) is 5.91 Å². The topological polar surface area (TPSA) is 51.9 Å². The largest absolute Gasteiger partial charge is 0.341 e. The molecule has 2 aromatic rings. The summed E-state index contributed by atoms with van der Waals surface area (Å²) in [6.07, 6.45) is 8.01. The molecule has 0 aliphatic heterocycles. The quantitative estimate of drug-likeness (QED) is 0.918. The fourth-order valence-electron chi connectivity index (χ4n) is 2.68. The van der Waals surface area contributed by atoms with E-state index in [1.807, 2.05) is 36.1 Å². The standard InChI is InChI=1S/C16H22N4O/c1-11(2)14(15-17-8-10-19(15)3)18-16(21)13-5-4-9-20(13)12-6-7-12/h4-5,8-12,14H,6-7H2,1-3H3,(H,18,21). The van der Waals surface area contributed by atoms with Crippen LogP contribution in [0.3, 0.4) is 0 Å². The second-order valence-electron chi connectivity index (χ2n) is 6.12. The molecule has 2 heterocycles. The number of imidazole rings is 1. The van der Waals surface area contributed by atoms with Crippen LogP contribution in [0.5, 0.6) is 0 Å². The van der Waals surface area contributed by atoms with Gasteiger partial charge in [-0.25, -0.2) is 4.98 Å². The van der Waals surface area contributed by atoms with Crippen molar-refractivity contribution in [1.29, 1.82) is 0 Å². The van der Waals surface area contributed by atoms with Crippen LogP contribution in [0.25, 0.3) is 0 Å². The molecule has 0 radical (unpaired) electrons. The van der Waals surface area contributed by atoms with E-state index >= 15 is 0 Å². The van der Waals surface area contributed by atoms with Gasteiger partial charge in [-0.15, -0.1) is 0 Å². The molecule has 1 saturated carbocycles. The van der Waals surface area contributed by atoms with Crippen LogP contribution in [0.2, 0.25) is 0 Å². The number of aryl methyl sites for hydroxylation is 1. The molecule has 1 amide bonds. The molecule has 1 atom stereocenters. The van der Waals surface area contributed by atoms with Crippen molar-refractivity contribution in [2.24, 2.45) is 13.0 Å². The lowest BCUT2D eigenvalue weighted by molar-refractivity contribution is 0.0912.